The van der Waals surface area contributed by atoms with E-state index in [1.807, 2.05) is 24.3 Å². The summed E-state index contributed by atoms with van der Waals surface area (Å²) in [7, 11) is 0. The van der Waals surface area contributed by atoms with E-state index in [2.05, 4.69) is 30.5 Å². The highest BCUT2D eigenvalue weighted by Crippen LogP contribution is 2.30. The molecule has 0 spiro atoms. The zero-order chi connectivity index (χ0) is 16.6. The van der Waals surface area contributed by atoms with Crippen LogP contribution in [0.3, 0.4) is 0 Å². The number of benzene rings is 1. The summed E-state index contributed by atoms with van der Waals surface area (Å²) < 4.78 is 2.17. The largest absolute Gasteiger partial charge is 0.318 e. The molecule has 1 atom stereocenters. The van der Waals surface area contributed by atoms with Crippen LogP contribution >= 0.6 is 11.8 Å². The van der Waals surface area contributed by atoms with Gasteiger partial charge in [-0.15, -0.1) is 0 Å². The second kappa shape index (κ2) is 6.24. The Labute approximate surface area is 140 Å². The average molecular weight is 328 g/mol. The minimum atomic E-state index is 0.0544. The topological polar surface area (TPSA) is 42.3 Å². The van der Waals surface area contributed by atoms with Crippen LogP contribution in [-0.2, 0) is 9.59 Å². The number of hydrogen-bond acceptors (Lipinski definition) is 3. The fourth-order valence-electron chi connectivity index (χ4n) is 3.11. The number of anilines is 1. The van der Waals surface area contributed by atoms with Crippen LogP contribution in [0.15, 0.2) is 36.4 Å². The van der Waals surface area contributed by atoms with Crippen molar-refractivity contribution in [2.75, 3.05) is 11.4 Å². The van der Waals surface area contributed by atoms with Gasteiger partial charge >= 0.3 is 0 Å². The molecule has 120 valence electrons. The standard InChI is InChI=1S/C18H20N2O2S/c1-12-7-8-13(2)20(12)16-6-4-5-15(9-16)19-11-17(10-18(19)22)23-14(3)21/h4-9,17H,10-11H2,1-3H3. The van der Waals surface area contributed by atoms with Gasteiger partial charge in [0.15, 0.2) is 5.12 Å². The van der Waals surface area contributed by atoms with E-state index in [4.69, 9.17) is 0 Å². The first-order valence-electron chi connectivity index (χ1n) is 7.68. The molecule has 1 aromatic carbocycles. The summed E-state index contributed by atoms with van der Waals surface area (Å²) in [5, 5.41) is 0.121. The minimum absolute atomic E-state index is 0.0544. The van der Waals surface area contributed by atoms with Gasteiger partial charge in [-0.3, -0.25) is 9.59 Å². The molecule has 0 saturated carbocycles. The highest BCUT2D eigenvalue weighted by atomic mass is 32.2. The van der Waals surface area contributed by atoms with E-state index >= 15 is 0 Å². The SMILES string of the molecule is CC(=O)SC1CC(=O)N(c2cccc(-n3c(C)ccc3C)c2)C1. The number of nitrogens with zero attached hydrogens (tertiary/aromatic N) is 2. The van der Waals surface area contributed by atoms with Crippen LogP contribution < -0.4 is 4.90 Å². The van der Waals surface area contributed by atoms with Gasteiger partial charge in [0.2, 0.25) is 5.91 Å². The summed E-state index contributed by atoms with van der Waals surface area (Å²) in [5.41, 5.74) is 4.28. The molecule has 2 heterocycles. The number of amides is 1. The Kier molecular flexibility index (Phi) is 4.31. The predicted molar refractivity (Wildman–Crippen MR) is 94.3 cm³/mol. The number of carbonyl (C=O) groups is 2. The monoisotopic (exact) mass is 328 g/mol. The van der Waals surface area contributed by atoms with E-state index in [1.54, 1.807) is 11.8 Å². The molecule has 1 fully saturated rings. The lowest BCUT2D eigenvalue weighted by Crippen LogP contribution is -2.25. The Morgan fingerprint density at radius 2 is 1.78 bits per heavy atom. The molecule has 0 N–H and O–H groups in total. The number of hydrogen-bond donors (Lipinski definition) is 0. The molecular formula is C18H20N2O2S. The van der Waals surface area contributed by atoms with Crippen LogP contribution in [0, 0.1) is 13.8 Å². The van der Waals surface area contributed by atoms with Crippen LogP contribution in [0.4, 0.5) is 5.69 Å². The summed E-state index contributed by atoms with van der Waals surface area (Å²) in [4.78, 5) is 25.3. The normalized spacial score (nSPS) is 17.8. The predicted octanol–water partition coefficient (Wildman–Crippen LogP) is 3.48. The molecule has 3 rings (SSSR count). The molecule has 0 aliphatic carbocycles. The Hall–Kier alpha value is -2.01. The van der Waals surface area contributed by atoms with Crippen LogP contribution in [0.2, 0.25) is 0 Å². The highest BCUT2D eigenvalue weighted by Gasteiger charge is 2.32. The third-order valence-corrected chi connectivity index (χ3v) is 5.07. The maximum Gasteiger partial charge on any atom is 0.228 e. The highest BCUT2D eigenvalue weighted by molar-refractivity contribution is 8.14. The fraction of sp³-hybridized carbons (Fsp3) is 0.333. The minimum Gasteiger partial charge on any atom is -0.318 e. The van der Waals surface area contributed by atoms with E-state index in [0.717, 1.165) is 22.8 Å². The molecular weight excluding hydrogens is 308 g/mol. The molecule has 1 amide bonds. The number of aromatic nitrogens is 1. The Morgan fingerprint density at radius 1 is 1.13 bits per heavy atom. The van der Waals surface area contributed by atoms with Gasteiger partial charge in [-0.1, -0.05) is 17.8 Å². The smallest absolute Gasteiger partial charge is 0.228 e. The quantitative estimate of drug-likeness (QED) is 0.866. The van der Waals surface area contributed by atoms with Crippen molar-refractivity contribution in [3.05, 3.63) is 47.8 Å². The summed E-state index contributed by atoms with van der Waals surface area (Å²) in [6, 6.07) is 12.2. The molecule has 4 nitrogen and oxygen atoms in total. The van der Waals surface area contributed by atoms with Gasteiger partial charge in [0.25, 0.3) is 0 Å². The maximum absolute atomic E-state index is 12.3. The number of aryl methyl sites for hydroxylation is 2. The van der Waals surface area contributed by atoms with Crippen molar-refractivity contribution in [2.24, 2.45) is 0 Å². The first-order chi connectivity index (χ1) is 11.0. The van der Waals surface area contributed by atoms with Crippen molar-refractivity contribution < 1.29 is 9.59 Å². The summed E-state index contributed by atoms with van der Waals surface area (Å²) in [6.45, 7) is 6.28. The van der Waals surface area contributed by atoms with Gasteiger partial charge in [0, 0.05) is 47.9 Å². The Morgan fingerprint density at radius 3 is 2.43 bits per heavy atom. The molecule has 1 unspecified atom stereocenters. The molecule has 1 saturated heterocycles. The van der Waals surface area contributed by atoms with Crippen molar-refractivity contribution in [1.82, 2.24) is 4.57 Å². The molecule has 5 heteroatoms. The average Bonchev–Trinajstić information content (AvgIpc) is 3.01. The second-order valence-electron chi connectivity index (χ2n) is 5.91. The molecule has 1 aromatic heterocycles. The van der Waals surface area contributed by atoms with E-state index in [9.17, 15) is 9.59 Å². The van der Waals surface area contributed by atoms with Crippen molar-refractivity contribution in [3.8, 4) is 5.69 Å². The third-order valence-electron chi connectivity index (χ3n) is 4.09. The summed E-state index contributed by atoms with van der Waals surface area (Å²) in [6.07, 6.45) is 0.427. The van der Waals surface area contributed by atoms with Crippen molar-refractivity contribution >= 4 is 28.5 Å². The Balaban J connectivity index is 1.89. The molecule has 23 heavy (non-hydrogen) atoms. The fourth-order valence-corrected chi connectivity index (χ4v) is 4.03. The van der Waals surface area contributed by atoms with E-state index < -0.39 is 0 Å². The lowest BCUT2D eigenvalue weighted by Gasteiger charge is -2.18. The summed E-state index contributed by atoms with van der Waals surface area (Å²) >= 11 is 1.26. The lowest BCUT2D eigenvalue weighted by molar-refractivity contribution is -0.117. The van der Waals surface area contributed by atoms with Gasteiger partial charge < -0.3 is 9.47 Å². The third kappa shape index (κ3) is 3.20. The van der Waals surface area contributed by atoms with Crippen LogP contribution in [0.25, 0.3) is 5.69 Å². The van der Waals surface area contributed by atoms with Gasteiger partial charge in [0.05, 0.1) is 0 Å². The molecule has 1 aliphatic heterocycles. The van der Waals surface area contributed by atoms with Crippen molar-refractivity contribution in [2.45, 2.75) is 32.4 Å². The maximum atomic E-state index is 12.3. The summed E-state index contributed by atoms with van der Waals surface area (Å²) in [5.74, 6) is 0.0850. The van der Waals surface area contributed by atoms with Gasteiger partial charge in [-0.2, -0.15) is 0 Å². The second-order valence-corrected chi connectivity index (χ2v) is 7.39. The van der Waals surface area contributed by atoms with Crippen LogP contribution in [-0.4, -0.2) is 27.4 Å². The van der Waals surface area contributed by atoms with Crippen LogP contribution in [0.1, 0.15) is 24.7 Å². The van der Waals surface area contributed by atoms with E-state index in [0.29, 0.717) is 13.0 Å². The van der Waals surface area contributed by atoms with E-state index in [1.165, 1.54) is 11.8 Å². The molecule has 1 aliphatic rings. The van der Waals surface area contributed by atoms with Crippen molar-refractivity contribution in [3.63, 3.8) is 0 Å². The first kappa shape index (κ1) is 15.9. The number of carbonyl (C=O) groups excluding carboxylic acids is 2. The lowest BCUT2D eigenvalue weighted by atomic mass is 10.2. The zero-order valence-electron chi connectivity index (χ0n) is 13.6. The molecule has 0 bridgehead atoms. The van der Waals surface area contributed by atoms with Gasteiger partial charge in [-0.05, 0) is 44.2 Å². The molecule has 2 aromatic rings. The van der Waals surface area contributed by atoms with Gasteiger partial charge in [0.1, 0.15) is 0 Å². The van der Waals surface area contributed by atoms with Gasteiger partial charge in [-0.25, -0.2) is 0 Å². The number of rotatable bonds is 3. The first-order valence-corrected chi connectivity index (χ1v) is 8.56. The number of thioether (sulfide) groups is 1. The molecule has 0 radical (unpaired) electrons. The van der Waals surface area contributed by atoms with Crippen molar-refractivity contribution in [1.29, 1.82) is 0 Å². The van der Waals surface area contributed by atoms with Crippen LogP contribution in [0.5, 0.6) is 0 Å². The Bertz CT molecular complexity index is 747. The zero-order valence-corrected chi connectivity index (χ0v) is 14.4. The van der Waals surface area contributed by atoms with E-state index in [-0.39, 0.29) is 16.3 Å².